The van der Waals surface area contributed by atoms with Gasteiger partial charge < -0.3 is 5.73 Å². The summed E-state index contributed by atoms with van der Waals surface area (Å²) in [6, 6.07) is 0.380. The van der Waals surface area contributed by atoms with E-state index in [1.54, 1.807) is 0 Å². The Hall–Kier alpha value is 0.310. The highest BCUT2D eigenvalue weighted by atomic mass is 32.2. The fourth-order valence-corrected chi connectivity index (χ4v) is 1.15. The second-order valence-corrected chi connectivity index (χ2v) is 3.27. The van der Waals surface area contributed by atoms with E-state index in [-0.39, 0.29) is 0 Å². The average molecular weight is 133 g/mol. The van der Waals surface area contributed by atoms with E-state index in [1.165, 1.54) is 0 Å². The molecule has 1 unspecified atom stereocenters. The van der Waals surface area contributed by atoms with E-state index in [9.17, 15) is 0 Å². The van der Waals surface area contributed by atoms with Gasteiger partial charge in [-0.15, -0.1) is 0 Å². The highest BCUT2D eigenvalue weighted by molar-refractivity contribution is 7.98. The van der Waals surface area contributed by atoms with Crippen LogP contribution in [-0.4, -0.2) is 18.1 Å². The second kappa shape index (κ2) is 4.21. The SMILES string of the molecule is CSCC(N)C(C)C. The predicted octanol–water partition coefficient (Wildman–Crippen LogP) is 1.33. The van der Waals surface area contributed by atoms with Crippen LogP contribution in [-0.2, 0) is 0 Å². The summed E-state index contributed by atoms with van der Waals surface area (Å²) >= 11 is 1.81. The summed E-state index contributed by atoms with van der Waals surface area (Å²) in [5.41, 5.74) is 5.71. The summed E-state index contributed by atoms with van der Waals surface area (Å²) in [6.07, 6.45) is 2.09. The van der Waals surface area contributed by atoms with Crippen molar-refractivity contribution in [1.82, 2.24) is 0 Å². The fraction of sp³-hybridized carbons (Fsp3) is 1.00. The summed E-state index contributed by atoms with van der Waals surface area (Å²) in [7, 11) is 0. The molecule has 0 spiro atoms. The molecule has 0 aromatic carbocycles. The molecule has 8 heavy (non-hydrogen) atoms. The Kier molecular flexibility index (Phi) is 4.38. The zero-order valence-corrected chi connectivity index (χ0v) is 6.66. The summed E-state index contributed by atoms with van der Waals surface area (Å²) < 4.78 is 0. The lowest BCUT2D eigenvalue weighted by atomic mass is 10.1. The normalized spacial score (nSPS) is 14.6. The molecule has 0 heterocycles. The molecular formula is C6H15NS. The largest absolute Gasteiger partial charge is 0.327 e. The van der Waals surface area contributed by atoms with Gasteiger partial charge in [-0.25, -0.2) is 0 Å². The van der Waals surface area contributed by atoms with E-state index in [0.717, 1.165) is 5.75 Å². The van der Waals surface area contributed by atoms with Crippen molar-refractivity contribution >= 4 is 11.8 Å². The first-order chi connectivity index (χ1) is 3.68. The maximum atomic E-state index is 5.71. The molecule has 0 aliphatic carbocycles. The zero-order valence-electron chi connectivity index (χ0n) is 5.85. The Morgan fingerprint density at radius 3 is 2.12 bits per heavy atom. The monoisotopic (exact) mass is 133 g/mol. The highest BCUT2D eigenvalue weighted by Gasteiger charge is 2.04. The molecule has 1 atom stereocenters. The van der Waals surface area contributed by atoms with Gasteiger partial charge in [-0.2, -0.15) is 11.8 Å². The van der Waals surface area contributed by atoms with Crippen LogP contribution in [0.1, 0.15) is 13.8 Å². The number of hydrogen-bond donors (Lipinski definition) is 1. The standard InChI is InChI=1S/C6H15NS/c1-5(2)6(7)4-8-3/h5-6H,4,7H2,1-3H3. The molecule has 0 fully saturated rings. The first-order valence-electron chi connectivity index (χ1n) is 2.93. The number of thioether (sulfide) groups is 1. The van der Waals surface area contributed by atoms with Crippen LogP contribution in [0.15, 0.2) is 0 Å². The van der Waals surface area contributed by atoms with Crippen LogP contribution in [0, 0.1) is 5.92 Å². The molecule has 2 heteroatoms. The number of rotatable bonds is 3. The van der Waals surface area contributed by atoms with Gasteiger partial charge in [0.15, 0.2) is 0 Å². The van der Waals surface area contributed by atoms with Gasteiger partial charge in [0.05, 0.1) is 0 Å². The van der Waals surface area contributed by atoms with Gasteiger partial charge in [0.25, 0.3) is 0 Å². The minimum absolute atomic E-state index is 0.380. The Morgan fingerprint density at radius 1 is 1.50 bits per heavy atom. The van der Waals surface area contributed by atoms with Crippen molar-refractivity contribution in [3.63, 3.8) is 0 Å². The highest BCUT2D eigenvalue weighted by Crippen LogP contribution is 2.03. The van der Waals surface area contributed by atoms with E-state index in [0.29, 0.717) is 12.0 Å². The van der Waals surface area contributed by atoms with Crippen molar-refractivity contribution in [1.29, 1.82) is 0 Å². The molecule has 0 saturated carbocycles. The van der Waals surface area contributed by atoms with Gasteiger partial charge in [-0.05, 0) is 12.2 Å². The molecule has 0 aromatic rings. The third kappa shape index (κ3) is 3.33. The van der Waals surface area contributed by atoms with E-state index >= 15 is 0 Å². The van der Waals surface area contributed by atoms with Crippen molar-refractivity contribution in [3.05, 3.63) is 0 Å². The maximum absolute atomic E-state index is 5.71. The Morgan fingerprint density at radius 2 is 2.00 bits per heavy atom. The molecule has 0 aliphatic heterocycles. The molecular weight excluding hydrogens is 118 g/mol. The molecule has 0 aromatic heterocycles. The van der Waals surface area contributed by atoms with Crippen molar-refractivity contribution < 1.29 is 0 Å². The topological polar surface area (TPSA) is 26.0 Å². The second-order valence-electron chi connectivity index (χ2n) is 2.36. The summed E-state index contributed by atoms with van der Waals surface area (Å²) in [5, 5.41) is 0. The summed E-state index contributed by atoms with van der Waals surface area (Å²) in [5.74, 6) is 1.71. The molecule has 0 bridgehead atoms. The molecule has 0 amide bonds. The molecule has 0 radical (unpaired) electrons. The van der Waals surface area contributed by atoms with Gasteiger partial charge in [-0.3, -0.25) is 0 Å². The minimum Gasteiger partial charge on any atom is -0.327 e. The van der Waals surface area contributed by atoms with Gasteiger partial charge >= 0.3 is 0 Å². The van der Waals surface area contributed by atoms with Crippen molar-refractivity contribution in [3.8, 4) is 0 Å². The van der Waals surface area contributed by atoms with Crippen LogP contribution in [0.25, 0.3) is 0 Å². The van der Waals surface area contributed by atoms with E-state index in [4.69, 9.17) is 5.73 Å². The van der Waals surface area contributed by atoms with E-state index in [1.807, 2.05) is 11.8 Å². The number of hydrogen-bond acceptors (Lipinski definition) is 2. The predicted molar refractivity (Wildman–Crippen MR) is 41.2 cm³/mol. The smallest absolute Gasteiger partial charge is 0.0153 e. The Balaban J connectivity index is 3.17. The quantitative estimate of drug-likeness (QED) is 0.628. The lowest BCUT2D eigenvalue weighted by Gasteiger charge is -2.12. The molecule has 2 N–H and O–H groups in total. The molecule has 0 aliphatic rings. The van der Waals surface area contributed by atoms with E-state index in [2.05, 4.69) is 20.1 Å². The summed E-state index contributed by atoms with van der Waals surface area (Å²) in [6.45, 7) is 4.31. The zero-order chi connectivity index (χ0) is 6.57. The lowest BCUT2D eigenvalue weighted by molar-refractivity contribution is 0.536. The Labute approximate surface area is 56.0 Å². The summed E-state index contributed by atoms with van der Waals surface area (Å²) in [4.78, 5) is 0. The van der Waals surface area contributed by atoms with Crippen LogP contribution >= 0.6 is 11.8 Å². The third-order valence-electron chi connectivity index (χ3n) is 1.22. The molecule has 50 valence electrons. The lowest BCUT2D eigenvalue weighted by Crippen LogP contribution is -2.28. The maximum Gasteiger partial charge on any atom is 0.0153 e. The third-order valence-corrected chi connectivity index (χ3v) is 1.93. The molecule has 1 nitrogen and oxygen atoms in total. The van der Waals surface area contributed by atoms with Crippen LogP contribution < -0.4 is 5.73 Å². The van der Waals surface area contributed by atoms with Crippen LogP contribution in [0.3, 0.4) is 0 Å². The minimum atomic E-state index is 0.380. The first-order valence-corrected chi connectivity index (χ1v) is 4.32. The van der Waals surface area contributed by atoms with Crippen LogP contribution in [0.2, 0.25) is 0 Å². The van der Waals surface area contributed by atoms with Gasteiger partial charge in [0.1, 0.15) is 0 Å². The molecule has 0 rings (SSSR count). The molecule has 0 saturated heterocycles. The van der Waals surface area contributed by atoms with Crippen LogP contribution in [0.4, 0.5) is 0 Å². The average Bonchev–Trinajstić information content (AvgIpc) is 1.67. The van der Waals surface area contributed by atoms with Crippen molar-refractivity contribution in [2.75, 3.05) is 12.0 Å². The fourth-order valence-electron chi connectivity index (χ4n) is 0.385. The van der Waals surface area contributed by atoms with Crippen molar-refractivity contribution in [2.24, 2.45) is 11.7 Å². The van der Waals surface area contributed by atoms with Gasteiger partial charge in [-0.1, -0.05) is 13.8 Å². The first kappa shape index (κ1) is 8.31. The van der Waals surface area contributed by atoms with Gasteiger partial charge in [0.2, 0.25) is 0 Å². The van der Waals surface area contributed by atoms with E-state index < -0.39 is 0 Å². The van der Waals surface area contributed by atoms with Crippen LogP contribution in [0.5, 0.6) is 0 Å². The Bertz CT molecular complexity index is 54.5. The van der Waals surface area contributed by atoms with Crippen molar-refractivity contribution in [2.45, 2.75) is 19.9 Å². The van der Waals surface area contributed by atoms with Gasteiger partial charge in [0, 0.05) is 11.8 Å². The number of nitrogens with two attached hydrogens (primary N) is 1.